The summed E-state index contributed by atoms with van der Waals surface area (Å²) in [6, 6.07) is 0.176. The first-order chi connectivity index (χ1) is 7.04. The van der Waals surface area contributed by atoms with E-state index in [1.165, 1.54) is 11.8 Å². The zero-order valence-corrected chi connectivity index (χ0v) is 10.5. The third-order valence-electron chi connectivity index (χ3n) is 2.56. The van der Waals surface area contributed by atoms with Crippen molar-refractivity contribution < 1.29 is 9.90 Å². The molecule has 0 aliphatic carbocycles. The van der Waals surface area contributed by atoms with Crippen molar-refractivity contribution in [1.29, 1.82) is 0 Å². The van der Waals surface area contributed by atoms with Crippen LogP contribution in [0.15, 0.2) is 0 Å². The fourth-order valence-corrected chi connectivity index (χ4v) is 2.41. The molecule has 15 heavy (non-hydrogen) atoms. The maximum Gasteiger partial charge on any atom is 0.232 e. The zero-order chi connectivity index (χ0) is 11.4. The molecule has 2 unspecified atom stereocenters. The highest BCUT2D eigenvalue weighted by Gasteiger charge is 2.33. The Hall–Kier alpha value is -0.260. The molecule has 88 valence electrons. The highest BCUT2D eigenvalue weighted by molar-refractivity contribution is 7.99. The van der Waals surface area contributed by atoms with E-state index in [-0.39, 0.29) is 18.1 Å². The molecule has 2 atom stereocenters. The van der Waals surface area contributed by atoms with Gasteiger partial charge in [0, 0.05) is 19.1 Å². The predicted molar refractivity (Wildman–Crippen MR) is 63.1 cm³/mol. The Morgan fingerprint density at radius 3 is 2.80 bits per heavy atom. The quantitative estimate of drug-likeness (QED) is 0.733. The van der Waals surface area contributed by atoms with Crippen molar-refractivity contribution in [2.45, 2.75) is 18.6 Å². The Kier molecular flexibility index (Phi) is 4.89. The van der Waals surface area contributed by atoms with E-state index in [9.17, 15) is 9.90 Å². The summed E-state index contributed by atoms with van der Waals surface area (Å²) in [5.41, 5.74) is 0. The Bertz CT molecular complexity index is 223. The van der Waals surface area contributed by atoms with Crippen LogP contribution in [-0.2, 0) is 4.79 Å². The summed E-state index contributed by atoms with van der Waals surface area (Å²) in [6.45, 7) is 1.33. The molecular formula is C10H20N2O2S. The Labute approximate surface area is 95.6 Å². The number of aliphatic hydroxyl groups is 1. The summed E-state index contributed by atoms with van der Waals surface area (Å²) in [5.74, 6) is 0.655. The average molecular weight is 232 g/mol. The SMILES string of the molecule is CSCC(=O)N1CC(O)CC1CN(C)C. The van der Waals surface area contributed by atoms with Gasteiger partial charge < -0.3 is 14.9 Å². The monoisotopic (exact) mass is 232 g/mol. The van der Waals surface area contributed by atoms with Crippen molar-refractivity contribution >= 4 is 17.7 Å². The third-order valence-corrected chi connectivity index (χ3v) is 3.09. The van der Waals surface area contributed by atoms with Crippen LogP contribution in [0.4, 0.5) is 0 Å². The fraction of sp³-hybridized carbons (Fsp3) is 0.900. The molecule has 1 amide bonds. The van der Waals surface area contributed by atoms with Crippen LogP contribution in [0.1, 0.15) is 6.42 Å². The number of aliphatic hydroxyl groups excluding tert-OH is 1. The molecular weight excluding hydrogens is 212 g/mol. The van der Waals surface area contributed by atoms with E-state index in [1.54, 1.807) is 0 Å². The van der Waals surface area contributed by atoms with Gasteiger partial charge in [0.2, 0.25) is 5.91 Å². The number of carbonyl (C=O) groups is 1. The van der Waals surface area contributed by atoms with Crippen LogP contribution < -0.4 is 0 Å². The van der Waals surface area contributed by atoms with E-state index in [2.05, 4.69) is 4.90 Å². The summed E-state index contributed by atoms with van der Waals surface area (Å²) < 4.78 is 0. The second-order valence-electron chi connectivity index (χ2n) is 4.28. The second-order valence-corrected chi connectivity index (χ2v) is 5.15. The van der Waals surface area contributed by atoms with E-state index in [0.717, 1.165) is 6.54 Å². The normalized spacial score (nSPS) is 26.3. The van der Waals surface area contributed by atoms with Crippen molar-refractivity contribution in [2.75, 3.05) is 39.2 Å². The van der Waals surface area contributed by atoms with Gasteiger partial charge in [-0.15, -0.1) is 0 Å². The minimum atomic E-state index is -0.347. The second kappa shape index (κ2) is 5.72. The molecule has 1 aliphatic rings. The lowest BCUT2D eigenvalue weighted by atomic mass is 10.2. The van der Waals surface area contributed by atoms with Gasteiger partial charge in [-0.2, -0.15) is 11.8 Å². The van der Waals surface area contributed by atoms with Crippen molar-refractivity contribution in [3.05, 3.63) is 0 Å². The summed E-state index contributed by atoms with van der Waals surface area (Å²) >= 11 is 1.53. The molecule has 5 heteroatoms. The number of hydrogen-bond acceptors (Lipinski definition) is 4. The summed E-state index contributed by atoms with van der Waals surface area (Å²) in [7, 11) is 3.98. The van der Waals surface area contributed by atoms with Crippen LogP contribution in [0, 0.1) is 0 Å². The van der Waals surface area contributed by atoms with Crippen molar-refractivity contribution in [3.63, 3.8) is 0 Å². The maximum absolute atomic E-state index is 11.8. The van der Waals surface area contributed by atoms with Crippen molar-refractivity contribution in [2.24, 2.45) is 0 Å². The van der Waals surface area contributed by atoms with Crippen LogP contribution in [0.25, 0.3) is 0 Å². The molecule has 0 aromatic carbocycles. The van der Waals surface area contributed by atoms with Gasteiger partial charge in [-0.05, 0) is 26.8 Å². The molecule has 0 radical (unpaired) electrons. The molecule has 1 N–H and O–H groups in total. The van der Waals surface area contributed by atoms with E-state index in [4.69, 9.17) is 0 Å². The van der Waals surface area contributed by atoms with Crippen LogP contribution in [0.3, 0.4) is 0 Å². The number of carbonyl (C=O) groups excluding carboxylic acids is 1. The topological polar surface area (TPSA) is 43.8 Å². The number of hydrogen-bond donors (Lipinski definition) is 1. The van der Waals surface area contributed by atoms with Crippen LogP contribution in [0.5, 0.6) is 0 Å². The van der Waals surface area contributed by atoms with Gasteiger partial charge in [-0.3, -0.25) is 4.79 Å². The number of thioether (sulfide) groups is 1. The number of amides is 1. The summed E-state index contributed by atoms with van der Waals surface area (Å²) in [6.07, 6.45) is 2.28. The van der Waals surface area contributed by atoms with Gasteiger partial charge >= 0.3 is 0 Å². The van der Waals surface area contributed by atoms with Crippen LogP contribution in [-0.4, -0.2) is 72.2 Å². The minimum Gasteiger partial charge on any atom is -0.391 e. The zero-order valence-electron chi connectivity index (χ0n) is 9.64. The van der Waals surface area contributed by atoms with Crippen LogP contribution >= 0.6 is 11.8 Å². The number of nitrogens with zero attached hydrogens (tertiary/aromatic N) is 2. The molecule has 1 saturated heterocycles. The van der Waals surface area contributed by atoms with Gasteiger partial charge in [-0.1, -0.05) is 0 Å². The minimum absolute atomic E-state index is 0.144. The van der Waals surface area contributed by atoms with Crippen molar-refractivity contribution in [3.8, 4) is 0 Å². The smallest absolute Gasteiger partial charge is 0.232 e. The first kappa shape index (κ1) is 12.8. The van der Waals surface area contributed by atoms with Gasteiger partial charge in [-0.25, -0.2) is 0 Å². The Morgan fingerprint density at radius 1 is 1.60 bits per heavy atom. The van der Waals surface area contributed by atoms with Gasteiger partial charge in [0.1, 0.15) is 0 Å². The lowest BCUT2D eigenvalue weighted by Crippen LogP contribution is -2.42. The molecule has 4 nitrogen and oxygen atoms in total. The Morgan fingerprint density at radius 2 is 2.27 bits per heavy atom. The standard InChI is InChI=1S/C10H20N2O2S/c1-11(2)5-8-4-9(13)6-12(8)10(14)7-15-3/h8-9,13H,4-7H2,1-3H3. The molecule has 1 heterocycles. The Balaban J connectivity index is 2.56. The molecule has 0 aromatic rings. The first-order valence-electron chi connectivity index (χ1n) is 5.15. The fourth-order valence-electron chi connectivity index (χ4n) is 2.00. The molecule has 1 rings (SSSR count). The lowest BCUT2D eigenvalue weighted by molar-refractivity contribution is -0.129. The number of β-amino-alcohol motifs (C(OH)–C–C–N with tert-alkyl or cyclic N) is 1. The summed E-state index contributed by atoms with van der Waals surface area (Å²) in [4.78, 5) is 15.6. The van der Waals surface area contributed by atoms with Gasteiger partial charge in [0.15, 0.2) is 0 Å². The van der Waals surface area contributed by atoms with Gasteiger partial charge in [0.25, 0.3) is 0 Å². The highest BCUT2D eigenvalue weighted by atomic mass is 32.2. The first-order valence-corrected chi connectivity index (χ1v) is 6.55. The third kappa shape index (κ3) is 3.66. The molecule has 0 saturated carbocycles. The molecule has 0 spiro atoms. The van der Waals surface area contributed by atoms with E-state index in [1.807, 2.05) is 25.3 Å². The number of rotatable bonds is 4. The van der Waals surface area contributed by atoms with Crippen molar-refractivity contribution in [1.82, 2.24) is 9.80 Å². The molecule has 1 aliphatic heterocycles. The molecule has 1 fully saturated rings. The average Bonchev–Trinajstić information content (AvgIpc) is 2.46. The maximum atomic E-state index is 11.8. The predicted octanol–water partition coefficient (Wildman–Crippen LogP) is -0.127. The van der Waals surface area contributed by atoms with E-state index >= 15 is 0 Å². The van der Waals surface area contributed by atoms with Crippen LogP contribution in [0.2, 0.25) is 0 Å². The summed E-state index contributed by atoms with van der Waals surface area (Å²) in [5, 5.41) is 9.58. The number of likely N-dealkylation sites (N-methyl/N-ethyl adjacent to an activating group) is 1. The lowest BCUT2D eigenvalue weighted by Gasteiger charge is -2.26. The largest absolute Gasteiger partial charge is 0.391 e. The molecule has 0 bridgehead atoms. The highest BCUT2D eigenvalue weighted by Crippen LogP contribution is 2.19. The van der Waals surface area contributed by atoms with E-state index < -0.39 is 0 Å². The van der Waals surface area contributed by atoms with E-state index in [0.29, 0.717) is 18.7 Å². The van der Waals surface area contributed by atoms with Gasteiger partial charge in [0.05, 0.1) is 11.9 Å². The number of likely N-dealkylation sites (tertiary alicyclic amines) is 1. The molecule has 0 aromatic heterocycles.